The Hall–Kier alpha value is -2.88. The van der Waals surface area contributed by atoms with E-state index >= 15 is 0 Å². The first-order valence-electron chi connectivity index (χ1n) is 8.48. The minimum atomic E-state index is -0.812. The van der Waals surface area contributed by atoms with Crippen molar-refractivity contribution in [3.8, 4) is 0 Å². The predicted molar refractivity (Wildman–Crippen MR) is 94.4 cm³/mol. The molecule has 1 aliphatic heterocycles. The monoisotopic (exact) mass is 365 g/mol. The summed E-state index contributed by atoms with van der Waals surface area (Å²) in [5.74, 6) is -0.812. The van der Waals surface area contributed by atoms with Crippen LogP contribution in [0.15, 0.2) is 18.2 Å². The van der Waals surface area contributed by atoms with Crippen molar-refractivity contribution in [1.82, 2.24) is 15.7 Å². The van der Waals surface area contributed by atoms with E-state index in [1.807, 2.05) is 11.8 Å². The lowest BCUT2D eigenvalue weighted by molar-refractivity contribution is -0.384. The van der Waals surface area contributed by atoms with E-state index in [9.17, 15) is 19.7 Å². The van der Waals surface area contributed by atoms with Gasteiger partial charge in [-0.3, -0.25) is 20.1 Å². The van der Waals surface area contributed by atoms with Crippen LogP contribution < -0.4 is 15.7 Å². The van der Waals surface area contributed by atoms with E-state index < -0.39 is 10.8 Å². The first kappa shape index (κ1) is 19.4. The van der Waals surface area contributed by atoms with Crippen LogP contribution in [0.2, 0.25) is 0 Å². The number of hydroxylamine groups is 1. The number of unbranched alkanes of at least 4 members (excludes halogenated alkanes) is 1. The first-order valence-corrected chi connectivity index (χ1v) is 8.48. The molecule has 1 fully saturated rings. The molecule has 0 radical (unpaired) electrons. The number of piperazine rings is 1. The predicted octanol–water partition coefficient (Wildman–Crippen LogP) is 1.35. The third-order valence-corrected chi connectivity index (χ3v) is 4.25. The number of anilines is 1. The number of carbonyl (C=O) groups is 2. The molecule has 3 N–H and O–H groups in total. The van der Waals surface area contributed by atoms with Crippen LogP contribution in [-0.4, -0.2) is 59.7 Å². The number of carbonyl (C=O) groups excluding carboxylic acids is 2. The smallest absolute Gasteiger partial charge is 0.317 e. The van der Waals surface area contributed by atoms with Crippen molar-refractivity contribution in [3.63, 3.8) is 0 Å². The zero-order chi connectivity index (χ0) is 19.1. The molecule has 0 unspecified atom stereocenters. The molecule has 1 aliphatic rings. The van der Waals surface area contributed by atoms with Crippen molar-refractivity contribution in [2.45, 2.75) is 19.8 Å². The molecule has 3 amide bonds. The molecule has 0 atom stereocenters. The normalized spacial score (nSPS) is 14.1. The molecule has 2 rings (SSSR count). The van der Waals surface area contributed by atoms with Gasteiger partial charge in [0.2, 0.25) is 0 Å². The van der Waals surface area contributed by atoms with Gasteiger partial charge in [0.1, 0.15) is 5.69 Å². The first-order chi connectivity index (χ1) is 12.5. The largest absolute Gasteiger partial charge is 0.362 e. The highest BCUT2D eigenvalue weighted by atomic mass is 16.6. The molecule has 0 spiro atoms. The fraction of sp³-hybridized carbons (Fsp3) is 0.500. The van der Waals surface area contributed by atoms with Crippen LogP contribution in [0.1, 0.15) is 30.1 Å². The number of urea groups is 1. The maximum absolute atomic E-state index is 12.1. The Morgan fingerprint density at radius 2 is 1.96 bits per heavy atom. The van der Waals surface area contributed by atoms with Gasteiger partial charge in [0.05, 0.1) is 4.92 Å². The molecule has 1 aromatic rings. The summed E-state index contributed by atoms with van der Waals surface area (Å²) in [6.07, 6.45) is 1.92. The Morgan fingerprint density at radius 3 is 2.54 bits per heavy atom. The van der Waals surface area contributed by atoms with Crippen LogP contribution in [0.25, 0.3) is 0 Å². The highest BCUT2D eigenvalue weighted by Gasteiger charge is 2.26. The number of amides is 3. The second-order valence-electron chi connectivity index (χ2n) is 5.96. The minimum absolute atomic E-state index is 0.00288. The van der Waals surface area contributed by atoms with Crippen molar-refractivity contribution < 1.29 is 19.7 Å². The highest BCUT2D eigenvalue weighted by Crippen LogP contribution is 2.30. The number of nitro benzene ring substituents is 1. The van der Waals surface area contributed by atoms with Gasteiger partial charge < -0.3 is 15.1 Å². The van der Waals surface area contributed by atoms with Crippen LogP contribution in [0.5, 0.6) is 0 Å². The molecule has 10 heteroatoms. The molecule has 1 heterocycles. The van der Waals surface area contributed by atoms with E-state index in [4.69, 9.17) is 5.21 Å². The van der Waals surface area contributed by atoms with E-state index in [1.54, 1.807) is 4.90 Å². The summed E-state index contributed by atoms with van der Waals surface area (Å²) in [6, 6.07) is 3.91. The molecular formula is C16H23N5O5. The Morgan fingerprint density at radius 1 is 1.27 bits per heavy atom. The van der Waals surface area contributed by atoms with Crippen LogP contribution in [0.3, 0.4) is 0 Å². The van der Waals surface area contributed by atoms with Gasteiger partial charge in [-0.15, -0.1) is 0 Å². The van der Waals surface area contributed by atoms with Crippen LogP contribution in [0.4, 0.5) is 16.2 Å². The van der Waals surface area contributed by atoms with Gasteiger partial charge in [-0.25, -0.2) is 10.3 Å². The summed E-state index contributed by atoms with van der Waals surface area (Å²) in [5, 5.41) is 22.9. The Balaban J connectivity index is 2.05. The second-order valence-corrected chi connectivity index (χ2v) is 5.96. The van der Waals surface area contributed by atoms with E-state index in [-0.39, 0.29) is 17.3 Å². The number of benzene rings is 1. The minimum Gasteiger partial charge on any atom is -0.362 e. The maximum Gasteiger partial charge on any atom is 0.317 e. The number of hydrogen-bond acceptors (Lipinski definition) is 6. The molecular weight excluding hydrogens is 342 g/mol. The van der Waals surface area contributed by atoms with Gasteiger partial charge >= 0.3 is 6.03 Å². The number of nitro groups is 1. The molecule has 1 saturated heterocycles. The highest BCUT2D eigenvalue weighted by molar-refractivity contribution is 5.95. The van der Waals surface area contributed by atoms with Crippen molar-refractivity contribution in [1.29, 1.82) is 0 Å². The van der Waals surface area contributed by atoms with Crippen molar-refractivity contribution in [2.24, 2.45) is 0 Å². The molecule has 0 aliphatic carbocycles. The summed E-state index contributed by atoms with van der Waals surface area (Å²) in [4.78, 5) is 37.8. The van der Waals surface area contributed by atoms with Gasteiger partial charge in [0.25, 0.3) is 11.6 Å². The van der Waals surface area contributed by atoms with Gasteiger partial charge in [-0.2, -0.15) is 0 Å². The average molecular weight is 365 g/mol. The lowest BCUT2D eigenvalue weighted by Crippen LogP contribution is -2.52. The molecule has 26 heavy (non-hydrogen) atoms. The SMILES string of the molecule is CCCCNC(=O)N1CCN(c2ccc(C(=O)NO)cc2[N+](=O)[O-])CC1. The molecule has 0 aromatic heterocycles. The Kier molecular flexibility index (Phi) is 6.73. The van der Waals surface area contributed by atoms with Crippen LogP contribution in [0, 0.1) is 10.1 Å². The molecule has 142 valence electrons. The maximum atomic E-state index is 12.1. The number of rotatable bonds is 6. The summed E-state index contributed by atoms with van der Waals surface area (Å²) in [5.41, 5.74) is 1.63. The zero-order valence-corrected chi connectivity index (χ0v) is 14.6. The van der Waals surface area contributed by atoms with Crippen molar-refractivity contribution >= 4 is 23.3 Å². The fourth-order valence-corrected chi connectivity index (χ4v) is 2.78. The van der Waals surface area contributed by atoms with Crippen molar-refractivity contribution in [2.75, 3.05) is 37.6 Å². The fourth-order valence-electron chi connectivity index (χ4n) is 2.78. The molecule has 1 aromatic carbocycles. The lowest BCUT2D eigenvalue weighted by Gasteiger charge is -2.35. The number of hydrogen-bond donors (Lipinski definition) is 3. The second kappa shape index (κ2) is 8.99. The Bertz CT molecular complexity index is 673. The van der Waals surface area contributed by atoms with Crippen LogP contribution in [-0.2, 0) is 0 Å². The van der Waals surface area contributed by atoms with Crippen LogP contribution >= 0.6 is 0 Å². The number of nitrogens with zero attached hydrogens (tertiary/aromatic N) is 3. The third-order valence-electron chi connectivity index (χ3n) is 4.25. The molecule has 0 saturated carbocycles. The summed E-state index contributed by atoms with van der Waals surface area (Å²) >= 11 is 0. The Labute approximate surface area is 150 Å². The van der Waals surface area contributed by atoms with E-state index in [1.165, 1.54) is 17.6 Å². The van der Waals surface area contributed by atoms with E-state index in [0.717, 1.165) is 18.9 Å². The van der Waals surface area contributed by atoms with Gasteiger partial charge in [-0.05, 0) is 18.6 Å². The third kappa shape index (κ3) is 4.60. The summed E-state index contributed by atoms with van der Waals surface area (Å²) in [6.45, 7) is 4.49. The lowest BCUT2D eigenvalue weighted by atomic mass is 10.1. The van der Waals surface area contributed by atoms with E-state index in [0.29, 0.717) is 38.4 Å². The van der Waals surface area contributed by atoms with E-state index in [2.05, 4.69) is 5.32 Å². The quantitative estimate of drug-likeness (QED) is 0.302. The van der Waals surface area contributed by atoms with Crippen molar-refractivity contribution in [3.05, 3.63) is 33.9 Å². The molecule has 10 nitrogen and oxygen atoms in total. The molecule has 0 bridgehead atoms. The van der Waals surface area contributed by atoms with Gasteiger partial charge in [-0.1, -0.05) is 13.3 Å². The average Bonchev–Trinajstić information content (AvgIpc) is 2.67. The zero-order valence-electron chi connectivity index (χ0n) is 14.6. The standard InChI is InChI=1S/C16H23N5O5/c1-2-3-6-17-16(23)20-9-7-19(8-10-20)13-5-4-12(15(22)18-24)11-14(13)21(25)26/h4-5,11,24H,2-3,6-10H2,1H3,(H,17,23)(H,18,22). The summed E-state index contributed by atoms with van der Waals surface area (Å²) < 4.78 is 0. The number of nitrogens with one attached hydrogen (secondary N) is 2. The van der Waals surface area contributed by atoms with Gasteiger partial charge in [0, 0.05) is 44.4 Å². The van der Waals surface area contributed by atoms with Gasteiger partial charge in [0.15, 0.2) is 0 Å². The topological polar surface area (TPSA) is 128 Å². The summed E-state index contributed by atoms with van der Waals surface area (Å²) in [7, 11) is 0.